The van der Waals surface area contributed by atoms with Gasteiger partial charge in [0.25, 0.3) is 0 Å². The fourth-order valence-corrected chi connectivity index (χ4v) is 3.79. The van der Waals surface area contributed by atoms with Gasteiger partial charge in [-0.3, -0.25) is 0 Å². The van der Waals surface area contributed by atoms with Gasteiger partial charge in [-0.25, -0.2) is 9.18 Å². The van der Waals surface area contributed by atoms with Crippen LogP contribution in [0.25, 0.3) is 0 Å². The third kappa shape index (κ3) is 3.74. The summed E-state index contributed by atoms with van der Waals surface area (Å²) in [5.41, 5.74) is 4.04. The summed E-state index contributed by atoms with van der Waals surface area (Å²) in [4.78, 5) is 14.5. The third-order valence-corrected chi connectivity index (χ3v) is 5.59. The number of allylic oxidation sites excluding steroid dienone is 1. The van der Waals surface area contributed by atoms with Crippen LogP contribution in [0.15, 0.2) is 41.6 Å². The SMILES string of the molecule is COC(=O)C1=C(C)N(Cc2ccc(F)cc2)C(=S)N[C@H]1c1cc(C#N)n(C)c1C. The number of carbonyl (C=O) groups excluding carboxylic acids is 1. The van der Waals surface area contributed by atoms with E-state index in [0.717, 1.165) is 16.8 Å². The molecule has 0 saturated heterocycles. The molecule has 3 rings (SSSR count). The lowest BCUT2D eigenvalue weighted by atomic mass is 9.94. The summed E-state index contributed by atoms with van der Waals surface area (Å²) in [5, 5.41) is 13.0. The second-order valence-electron chi connectivity index (χ2n) is 6.83. The first-order chi connectivity index (χ1) is 13.8. The number of thiocarbonyl (C=S) groups is 1. The monoisotopic (exact) mass is 412 g/mol. The molecule has 150 valence electrons. The van der Waals surface area contributed by atoms with Crippen LogP contribution in [0.3, 0.4) is 0 Å². The second kappa shape index (κ2) is 8.05. The number of ether oxygens (including phenoxy) is 1. The summed E-state index contributed by atoms with van der Waals surface area (Å²) in [5.74, 6) is -0.795. The van der Waals surface area contributed by atoms with Gasteiger partial charge in [-0.2, -0.15) is 5.26 Å². The molecule has 0 unspecified atom stereocenters. The number of hydrogen-bond donors (Lipinski definition) is 1. The molecule has 8 heteroatoms. The van der Waals surface area contributed by atoms with Gasteiger partial charge in [-0.15, -0.1) is 0 Å². The molecule has 0 aliphatic carbocycles. The summed E-state index contributed by atoms with van der Waals surface area (Å²) < 4.78 is 20.0. The van der Waals surface area contributed by atoms with E-state index < -0.39 is 12.0 Å². The highest BCUT2D eigenvalue weighted by Gasteiger charge is 2.36. The van der Waals surface area contributed by atoms with E-state index in [9.17, 15) is 14.4 Å². The number of hydrogen-bond acceptors (Lipinski definition) is 4. The quantitative estimate of drug-likeness (QED) is 0.614. The van der Waals surface area contributed by atoms with Crippen LogP contribution < -0.4 is 5.32 Å². The summed E-state index contributed by atoms with van der Waals surface area (Å²) in [6.45, 7) is 4.07. The number of halogens is 1. The maximum atomic E-state index is 13.2. The number of esters is 1. The lowest BCUT2D eigenvalue weighted by Crippen LogP contribution is -2.47. The van der Waals surface area contributed by atoms with Gasteiger partial charge in [-0.05, 0) is 49.8 Å². The minimum atomic E-state index is -0.535. The number of carbonyl (C=O) groups is 1. The fraction of sp³-hybridized carbons (Fsp3) is 0.286. The summed E-state index contributed by atoms with van der Waals surface area (Å²) in [6.07, 6.45) is 0. The topological polar surface area (TPSA) is 70.3 Å². The van der Waals surface area contributed by atoms with E-state index in [1.807, 2.05) is 6.92 Å². The smallest absolute Gasteiger partial charge is 0.337 e. The van der Waals surface area contributed by atoms with Gasteiger partial charge in [-0.1, -0.05) is 12.1 Å². The van der Waals surface area contributed by atoms with Crippen LogP contribution in [0, 0.1) is 24.1 Å². The molecule has 0 spiro atoms. The molecule has 29 heavy (non-hydrogen) atoms. The Morgan fingerprint density at radius 1 is 1.34 bits per heavy atom. The Labute approximate surface area is 174 Å². The minimum Gasteiger partial charge on any atom is -0.466 e. The van der Waals surface area contributed by atoms with Crippen LogP contribution >= 0.6 is 12.2 Å². The van der Waals surface area contributed by atoms with Crippen molar-refractivity contribution >= 4 is 23.3 Å². The van der Waals surface area contributed by atoms with Crippen molar-refractivity contribution in [1.82, 2.24) is 14.8 Å². The van der Waals surface area contributed by atoms with Crippen molar-refractivity contribution in [3.05, 3.63) is 69.9 Å². The van der Waals surface area contributed by atoms with Crippen LogP contribution in [0.5, 0.6) is 0 Å². The molecule has 1 aliphatic heterocycles. The van der Waals surface area contributed by atoms with E-state index in [1.165, 1.54) is 19.2 Å². The molecule has 6 nitrogen and oxygen atoms in total. The van der Waals surface area contributed by atoms with Crippen LogP contribution in [0.1, 0.15) is 35.5 Å². The van der Waals surface area contributed by atoms with E-state index in [0.29, 0.717) is 28.6 Å². The predicted molar refractivity (Wildman–Crippen MR) is 110 cm³/mol. The van der Waals surface area contributed by atoms with Crippen molar-refractivity contribution in [3.63, 3.8) is 0 Å². The van der Waals surface area contributed by atoms with Gasteiger partial charge in [0.15, 0.2) is 5.11 Å². The van der Waals surface area contributed by atoms with Gasteiger partial charge in [0.1, 0.15) is 17.6 Å². The molecule has 1 N–H and O–H groups in total. The van der Waals surface area contributed by atoms with Gasteiger partial charge >= 0.3 is 5.97 Å². The summed E-state index contributed by atoms with van der Waals surface area (Å²) in [7, 11) is 3.13. The number of benzene rings is 1. The molecule has 2 aromatic rings. The fourth-order valence-electron chi connectivity index (χ4n) is 3.47. The van der Waals surface area contributed by atoms with E-state index in [1.54, 1.807) is 41.6 Å². The first kappa shape index (κ1) is 20.6. The number of nitriles is 1. The Morgan fingerprint density at radius 3 is 2.55 bits per heavy atom. The van der Waals surface area contributed by atoms with Gasteiger partial charge in [0, 0.05) is 30.5 Å². The zero-order valence-electron chi connectivity index (χ0n) is 16.6. The number of methoxy groups -OCH3 is 1. The average Bonchev–Trinajstić information content (AvgIpc) is 2.99. The van der Waals surface area contributed by atoms with E-state index in [-0.39, 0.29) is 5.82 Å². The minimum absolute atomic E-state index is 0.316. The highest BCUT2D eigenvalue weighted by molar-refractivity contribution is 7.80. The Hall–Kier alpha value is -3.18. The molecule has 1 aliphatic rings. The molecule has 0 amide bonds. The lowest BCUT2D eigenvalue weighted by Gasteiger charge is -2.37. The first-order valence-corrected chi connectivity index (χ1v) is 9.37. The Morgan fingerprint density at radius 2 is 2.00 bits per heavy atom. The van der Waals surface area contributed by atoms with Gasteiger partial charge in [0.05, 0.1) is 18.7 Å². The molecule has 0 radical (unpaired) electrons. The number of rotatable bonds is 4. The zero-order valence-corrected chi connectivity index (χ0v) is 17.4. The zero-order chi connectivity index (χ0) is 21.3. The number of nitrogens with one attached hydrogen (secondary N) is 1. The third-order valence-electron chi connectivity index (χ3n) is 5.26. The lowest BCUT2D eigenvalue weighted by molar-refractivity contribution is -0.136. The molecule has 1 atom stereocenters. The van der Waals surface area contributed by atoms with Crippen molar-refractivity contribution < 1.29 is 13.9 Å². The average molecular weight is 412 g/mol. The Bertz CT molecular complexity index is 1050. The van der Waals surface area contributed by atoms with E-state index >= 15 is 0 Å². The number of nitrogens with zero attached hydrogens (tertiary/aromatic N) is 3. The molecule has 0 bridgehead atoms. The molecule has 0 saturated carbocycles. The maximum absolute atomic E-state index is 13.2. The highest BCUT2D eigenvalue weighted by atomic mass is 32.1. The molecular weight excluding hydrogens is 391 g/mol. The van der Waals surface area contributed by atoms with Crippen molar-refractivity contribution in [2.45, 2.75) is 26.4 Å². The van der Waals surface area contributed by atoms with E-state index in [2.05, 4.69) is 11.4 Å². The summed E-state index contributed by atoms with van der Waals surface area (Å²) >= 11 is 5.58. The van der Waals surface area contributed by atoms with E-state index in [4.69, 9.17) is 17.0 Å². The Balaban J connectivity index is 2.07. The second-order valence-corrected chi connectivity index (χ2v) is 7.21. The van der Waals surface area contributed by atoms with Crippen LogP contribution in [0.2, 0.25) is 0 Å². The standard InChI is InChI=1S/C21H21FN4O2S/c1-12-17(9-16(10-23)25(12)3)19-18(20(27)28-4)13(2)26(21(29)24-19)11-14-5-7-15(22)8-6-14/h5-9,19H,11H2,1-4H3,(H,24,29)/t19-/m0/s1. The summed E-state index contributed by atoms with van der Waals surface area (Å²) in [6, 6.07) is 9.49. The first-order valence-electron chi connectivity index (χ1n) is 8.96. The van der Waals surface area contributed by atoms with Crippen molar-refractivity contribution in [2.75, 3.05) is 7.11 Å². The molecule has 1 aromatic heterocycles. The van der Waals surface area contributed by atoms with Crippen LogP contribution in [0.4, 0.5) is 4.39 Å². The highest BCUT2D eigenvalue weighted by Crippen LogP contribution is 2.34. The Kier molecular flexibility index (Phi) is 5.71. The molecule has 1 aromatic carbocycles. The molecule has 2 heterocycles. The van der Waals surface area contributed by atoms with Crippen molar-refractivity contribution in [3.8, 4) is 6.07 Å². The van der Waals surface area contributed by atoms with Crippen molar-refractivity contribution in [1.29, 1.82) is 5.26 Å². The van der Waals surface area contributed by atoms with Crippen molar-refractivity contribution in [2.24, 2.45) is 7.05 Å². The molecule has 0 fully saturated rings. The van der Waals surface area contributed by atoms with Crippen LogP contribution in [-0.4, -0.2) is 27.7 Å². The number of aromatic nitrogens is 1. The largest absolute Gasteiger partial charge is 0.466 e. The maximum Gasteiger partial charge on any atom is 0.337 e. The van der Waals surface area contributed by atoms with Gasteiger partial charge < -0.3 is 19.5 Å². The van der Waals surface area contributed by atoms with Gasteiger partial charge in [0.2, 0.25) is 0 Å². The molecular formula is C21H21FN4O2S. The van der Waals surface area contributed by atoms with Crippen LogP contribution in [-0.2, 0) is 23.1 Å². The predicted octanol–water partition coefficient (Wildman–Crippen LogP) is 3.22. The normalized spacial score (nSPS) is 16.5.